The largest absolute Gasteiger partial charge is 0.478 e. The van der Waals surface area contributed by atoms with Crippen molar-refractivity contribution in [2.75, 3.05) is 11.4 Å². The molecule has 2 aromatic rings. The fourth-order valence-corrected chi connectivity index (χ4v) is 4.86. The van der Waals surface area contributed by atoms with E-state index >= 15 is 0 Å². The summed E-state index contributed by atoms with van der Waals surface area (Å²) in [5, 5.41) is 9.15. The van der Waals surface area contributed by atoms with Gasteiger partial charge in [0.25, 0.3) is 10.0 Å². The molecule has 0 saturated carbocycles. The molecule has 116 valence electrons. The Bertz CT molecular complexity index is 822. The van der Waals surface area contributed by atoms with Crippen molar-refractivity contribution in [3.63, 3.8) is 0 Å². The van der Waals surface area contributed by atoms with Crippen molar-refractivity contribution >= 4 is 53.5 Å². The van der Waals surface area contributed by atoms with Gasteiger partial charge in [0.1, 0.15) is 4.90 Å². The first-order valence-electron chi connectivity index (χ1n) is 6.01. The second-order valence-corrected chi connectivity index (χ2v) is 8.02. The minimum atomic E-state index is -3.89. The summed E-state index contributed by atoms with van der Waals surface area (Å²) in [7, 11) is -2.48. The van der Waals surface area contributed by atoms with Gasteiger partial charge in [-0.15, -0.1) is 0 Å². The molecule has 0 unspecified atom stereocenters. The molecule has 0 atom stereocenters. The smallest absolute Gasteiger partial charge is 0.336 e. The van der Waals surface area contributed by atoms with Crippen LogP contribution in [0.25, 0.3) is 0 Å². The Morgan fingerprint density at radius 3 is 2.23 bits per heavy atom. The van der Waals surface area contributed by atoms with E-state index in [1.54, 1.807) is 30.3 Å². The third kappa shape index (κ3) is 3.18. The topological polar surface area (TPSA) is 74.7 Å². The van der Waals surface area contributed by atoms with Crippen LogP contribution in [0.2, 0.25) is 0 Å². The van der Waals surface area contributed by atoms with Gasteiger partial charge in [-0.05, 0) is 56.1 Å². The summed E-state index contributed by atoms with van der Waals surface area (Å²) in [6.07, 6.45) is 0. The molecule has 0 amide bonds. The fourth-order valence-electron chi connectivity index (χ4n) is 1.81. The average molecular weight is 449 g/mol. The van der Waals surface area contributed by atoms with Crippen LogP contribution in [0, 0.1) is 0 Å². The quantitative estimate of drug-likeness (QED) is 0.773. The highest BCUT2D eigenvalue weighted by atomic mass is 79.9. The van der Waals surface area contributed by atoms with Crippen LogP contribution < -0.4 is 4.31 Å². The van der Waals surface area contributed by atoms with Crippen molar-refractivity contribution < 1.29 is 18.3 Å². The molecule has 0 fully saturated rings. The van der Waals surface area contributed by atoms with Crippen LogP contribution in [0.4, 0.5) is 5.69 Å². The molecule has 0 heterocycles. The van der Waals surface area contributed by atoms with E-state index in [4.69, 9.17) is 5.11 Å². The van der Waals surface area contributed by atoms with Crippen molar-refractivity contribution in [3.8, 4) is 0 Å². The molecule has 0 saturated heterocycles. The molecular weight excluding hydrogens is 438 g/mol. The maximum absolute atomic E-state index is 12.7. The van der Waals surface area contributed by atoms with Crippen LogP contribution in [-0.4, -0.2) is 26.5 Å². The van der Waals surface area contributed by atoms with E-state index < -0.39 is 16.0 Å². The van der Waals surface area contributed by atoms with E-state index in [9.17, 15) is 13.2 Å². The Hall–Kier alpha value is -1.38. The molecule has 0 bridgehead atoms. The first kappa shape index (κ1) is 17.0. The molecule has 0 spiro atoms. The van der Waals surface area contributed by atoms with Gasteiger partial charge >= 0.3 is 5.97 Å². The maximum atomic E-state index is 12.7. The van der Waals surface area contributed by atoms with Crippen LogP contribution in [-0.2, 0) is 10.0 Å². The van der Waals surface area contributed by atoms with Crippen LogP contribution in [0.3, 0.4) is 0 Å². The van der Waals surface area contributed by atoms with E-state index in [1.165, 1.54) is 13.1 Å². The van der Waals surface area contributed by atoms with Crippen LogP contribution >= 0.6 is 31.9 Å². The van der Waals surface area contributed by atoms with Gasteiger partial charge < -0.3 is 5.11 Å². The van der Waals surface area contributed by atoms with Gasteiger partial charge in [-0.2, -0.15) is 0 Å². The zero-order valence-electron chi connectivity index (χ0n) is 11.3. The summed E-state index contributed by atoms with van der Waals surface area (Å²) in [5.74, 6) is -1.21. The molecule has 0 aliphatic rings. The Labute approximate surface area is 144 Å². The Morgan fingerprint density at radius 1 is 1.09 bits per heavy atom. The zero-order valence-corrected chi connectivity index (χ0v) is 15.3. The number of hydrogen-bond acceptors (Lipinski definition) is 3. The number of para-hydroxylation sites is 1. The number of hydrogen-bond donors (Lipinski definition) is 1. The lowest BCUT2D eigenvalue weighted by atomic mass is 10.2. The highest BCUT2D eigenvalue weighted by Gasteiger charge is 2.26. The molecule has 0 radical (unpaired) electrons. The standard InChI is InChI=1S/C14H11Br2NO4S/c1-17(9-5-3-2-4-6-9)22(20,21)13-7-10(14(18)19)11(15)8-12(13)16/h2-8H,1H3,(H,18,19). The summed E-state index contributed by atoms with van der Waals surface area (Å²) in [6, 6.07) is 11.1. The van der Waals surface area contributed by atoms with Gasteiger partial charge in [0.2, 0.25) is 0 Å². The lowest BCUT2D eigenvalue weighted by Gasteiger charge is -2.20. The molecule has 0 aromatic heterocycles. The zero-order chi connectivity index (χ0) is 16.5. The number of carboxylic acids is 1. The van der Waals surface area contributed by atoms with Gasteiger partial charge in [0, 0.05) is 16.0 Å². The molecule has 0 aliphatic heterocycles. The third-order valence-corrected chi connectivity index (χ3v) is 6.41. The minimum absolute atomic E-state index is 0.112. The van der Waals surface area contributed by atoms with E-state index in [2.05, 4.69) is 31.9 Å². The van der Waals surface area contributed by atoms with Crippen molar-refractivity contribution in [1.82, 2.24) is 0 Å². The Kier molecular flexibility index (Phi) is 4.93. The number of carboxylic acid groups (broad SMARTS) is 1. The molecule has 8 heteroatoms. The van der Waals surface area contributed by atoms with Gasteiger partial charge in [-0.3, -0.25) is 4.31 Å². The number of nitrogens with zero attached hydrogens (tertiary/aromatic N) is 1. The Morgan fingerprint density at radius 2 is 1.68 bits per heavy atom. The van der Waals surface area contributed by atoms with Crippen molar-refractivity contribution in [2.24, 2.45) is 0 Å². The fraction of sp³-hybridized carbons (Fsp3) is 0.0714. The number of halogens is 2. The van der Waals surface area contributed by atoms with Gasteiger partial charge in [-0.25, -0.2) is 13.2 Å². The first-order valence-corrected chi connectivity index (χ1v) is 9.04. The predicted molar refractivity (Wildman–Crippen MR) is 90.8 cm³/mol. The average Bonchev–Trinajstić information content (AvgIpc) is 2.46. The van der Waals surface area contributed by atoms with Crippen LogP contribution in [0.5, 0.6) is 0 Å². The molecule has 0 aliphatic carbocycles. The number of carbonyl (C=O) groups is 1. The molecule has 1 N–H and O–H groups in total. The summed E-state index contributed by atoms with van der Waals surface area (Å²) in [4.78, 5) is 11.1. The van der Waals surface area contributed by atoms with Crippen LogP contribution in [0.1, 0.15) is 10.4 Å². The highest BCUT2D eigenvalue weighted by molar-refractivity contribution is 9.11. The minimum Gasteiger partial charge on any atom is -0.478 e. The van der Waals surface area contributed by atoms with Gasteiger partial charge in [0.05, 0.1) is 11.3 Å². The molecule has 2 rings (SSSR count). The van der Waals surface area contributed by atoms with Gasteiger partial charge in [-0.1, -0.05) is 18.2 Å². The molecule has 5 nitrogen and oxygen atoms in total. The van der Waals surface area contributed by atoms with Crippen molar-refractivity contribution in [2.45, 2.75) is 4.90 Å². The normalized spacial score (nSPS) is 11.2. The molecule has 2 aromatic carbocycles. The SMILES string of the molecule is CN(c1ccccc1)S(=O)(=O)c1cc(C(=O)O)c(Br)cc1Br. The number of rotatable bonds is 4. The number of benzene rings is 2. The monoisotopic (exact) mass is 447 g/mol. The third-order valence-electron chi connectivity index (χ3n) is 3.01. The summed E-state index contributed by atoms with van der Waals surface area (Å²) < 4.78 is 27.1. The maximum Gasteiger partial charge on any atom is 0.336 e. The van der Waals surface area contributed by atoms with Gasteiger partial charge in [0.15, 0.2) is 0 Å². The molecular formula is C14H11Br2NO4S. The number of sulfonamides is 1. The number of aromatic carboxylic acids is 1. The summed E-state index contributed by atoms with van der Waals surface area (Å²) in [6.45, 7) is 0. The van der Waals surface area contributed by atoms with Crippen LogP contribution in [0.15, 0.2) is 56.3 Å². The first-order chi connectivity index (χ1) is 10.2. The van der Waals surface area contributed by atoms with E-state index in [1.807, 2.05) is 0 Å². The van der Waals surface area contributed by atoms with E-state index in [0.717, 1.165) is 10.4 Å². The lowest BCUT2D eigenvalue weighted by molar-refractivity contribution is 0.0695. The second kappa shape index (κ2) is 6.39. The van der Waals surface area contributed by atoms with E-state index in [-0.39, 0.29) is 14.9 Å². The van der Waals surface area contributed by atoms with Crippen molar-refractivity contribution in [1.29, 1.82) is 0 Å². The second-order valence-electron chi connectivity index (χ2n) is 4.38. The summed E-state index contributed by atoms with van der Waals surface area (Å²) >= 11 is 6.29. The van der Waals surface area contributed by atoms with Crippen molar-refractivity contribution in [3.05, 3.63) is 57.0 Å². The highest BCUT2D eigenvalue weighted by Crippen LogP contribution is 2.32. The predicted octanol–water partition coefficient (Wildman–Crippen LogP) is 3.73. The number of anilines is 1. The summed E-state index contributed by atoms with van der Waals surface area (Å²) in [5.41, 5.74) is 0.359. The lowest BCUT2D eigenvalue weighted by Crippen LogP contribution is -2.27. The van der Waals surface area contributed by atoms with E-state index in [0.29, 0.717) is 10.2 Å². The Balaban J connectivity index is 2.59. The molecule has 22 heavy (non-hydrogen) atoms.